The SMILES string of the molecule is CN(C(=O)c1ccc2c(c1)CCO2)c1ccc(CN)cc1. The molecule has 1 amide bonds. The van der Waals surface area contributed by atoms with Crippen molar-refractivity contribution >= 4 is 11.6 Å². The van der Waals surface area contributed by atoms with Crippen LogP contribution in [-0.4, -0.2) is 19.6 Å². The van der Waals surface area contributed by atoms with Gasteiger partial charge in [-0.2, -0.15) is 0 Å². The van der Waals surface area contributed by atoms with Crippen LogP contribution in [0.4, 0.5) is 5.69 Å². The molecule has 0 aliphatic carbocycles. The maximum Gasteiger partial charge on any atom is 0.258 e. The minimum absolute atomic E-state index is 0.0230. The van der Waals surface area contributed by atoms with Crippen molar-refractivity contribution in [1.29, 1.82) is 0 Å². The lowest BCUT2D eigenvalue weighted by Gasteiger charge is -2.18. The Morgan fingerprint density at radius 1 is 1.24 bits per heavy atom. The van der Waals surface area contributed by atoms with E-state index in [1.165, 1.54) is 0 Å². The Bertz CT molecular complexity index is 665. The number of benzene rings is 2. The van der Waals surface area contributed by atoms with Crippen molar-refractivity contribution in [3.8, 4) is 5.75 Å². The van der Waals surface area contributed by atoms with Gasteiger partial charge in [-0.05, 0) is 41.5 Å². The van der Waals surface area contributed by atoms with Gasteiger partial charge in [0.15, 0.2) is 0 Å². The van der Waals surface area contributed by atoms with Crippen molar-refractivity contribution in [2.45, 2.75) is 13.0 Å². The Hall–Kier alpha value is -2.33. The first kappa shape index (κ1) is 13.6. The molecule has 0 aromatic heterocycles. The van der Waals surface area contributed by atoms with Gasteiger partial charge in [0.2, 0.25) is 0 Å². The molecular weight excluding hydrogens is 264 g/mol. The van der Waals surface area contributed by atoms with Crippen LogP contribution in [0.15, 0.2) is 42.5 Å². The van der Waals surface area contributed by atoms with E-state index < -0.39 is 0 Å². The van der Waals surface area contributed by atoms with E-state index in [9.17, 15) is 4.79 Å². The normalized spacial score (nSPS) is 12.7. The van der Waals surface area contributed by atoms with Crippen LogP contribution in [0.2, 0.25) is 0 Å². The zero-order valence-corrected chi connectivity index (χ0v) is 12.0. The second kappa shape index (κ2) is 5.58. The highest BCUT2D eigenvalue weighted by Crippen LogP contribution is 2.27. The second-order valence-corrected chi connectivity index (χ2v) is 5.16. The third-order valence-corrected chi connectivity index (χ3v) is 3.80. The van der Waals surface area contributed by atoms with Gasteiger partial charge in [0.05, 0.1) is 6.61 Å². The maximum absolute atomic E-state index is 12.6. The van der Waals surface area contributed by atoms with Gasteiger partial charge < -0.3 is 15.4 Å². The van der Waals surface area contributed by atoms with E-state index in [-0.39, 0.29) is 5.91 Å². The number of hydrogen-bond acceptors (Lipinski definition) is 3. The van der Waals surface area contributed by atoms with E-state index >= 15 is 0 Å². The van der Waals surface area contributed by atoms with Gasteiger partial charge in [-0.1, -0.05) is 12.1 Å². The number of carbonyl (C=O) groups excluding carboxylic acids is 1. The van der Waals surface area contributed by atoms with Crippen LogP contribution in [0.5, 0.6) is 5.75 Å². The highest BCUT2D eigenvalue weighted by Gasteiger charge is 2.18. The summed E-state index contributed by atoms with van der Waals surface area (Å²) in [6.45, 7) is 1.20. The molecule has 1 heterocycles. The quantitative estimate of drug-likeness (QED) is 0.940. The summed E-state index contributed by atoms with van der Waals surface area (Å²) in [4.78, 5) is 14.2. The largest absolute Gasteiger partial charge is 0.493 e. The fourth-order valence-corrected chi connectivity index (χ4v) is 2.49. The van der Waals surface area contributed by atoms with Crippen LogP contribution in [0.25, 0.3) is 0 Å². The Morgan fingerprint density at radius 3 is 2.71 bits per heavy atom. The lowest BCUT2D eigenvalue weighted by atomic mass is 10.1. The number of hydrogen-bond donors (Lipinski definition) is 1. The fourth-order valence-electron chi connectivity index (χ4n) is 2.49. The van der Waals surface area contributed by atoms with Gasteiger partial charge in [-0.25, -0.2) is 0 Å². The van der Waals surface area contributed by atoms with Crippen molar-refractivity contribution in [3.05, 3.63) is 59.2 Å². The van der Waals surface area contributed by atoms with Crippen LogP contribution in [0.1, 0.15) is 21.5 Å². The zero-order valence-electron chi connectivity index (χ0n) is 12.0. The lowest BCUT2D eigenvalue weighted by Crippen LogP contribution is -2.26. The van der Waals surface area contributed by atoms with Crippen molar-refractivity contribution in [3.63, 3.8) is 0 Å². The summed E-state index contributed by atoms with van der Waals surface area (Å²) in [5.74, 6) is 0.867. The smallest absolute Gasteiger partial charge is 0.258 e. The first-order valence-electron chi connectivity index (χ1n) is 7.02. The van der Waals surface area contributed by atoms with E-state index in [2.05, 4.69) is 0 Å². The van der Waals surface area contributed by atoms with Crippen molar-refractivity contribution in [2.75, 3.05) is 18.6 Å². The third kappa shape index (κ3) is 2.62. The molecule has 0 spiro atoms. The van der Waals surface area contributed by atoms with E-state index in [0.717, 1.165) is 29.0 Å². The van der Waals surface area contributed by atoms with Crippen molar-refractivity contribution < 1.29 is 9.53 Å². The van der Waals surface area contributed by atoms with Crippen LogP contribution in [0.3, 0.4) is 0 Å². The van der Waals surface area contributed by atoms with E-state index in [0.29, 0.717) is 18.7 Å². The number of ether oxygens (including phenoxy) is 1. The molecule has 3 rings (SSSR count). The molecule has 4 heteroatoms. The highest BCUT2D eigenvalue weighted by atomic mass is 16.5. The predicted octanol–water partition coefficient (Wildman–Crippen LogP) is 2.36. The number of anilines is 1. The molecule has 2 aromatic carbocycles. The molecule has 0 saturated carbocycles. The number of fused-ring (bicyclic) bond motifs is 1. The molecule has 21 heavy (non-hydrogen) atoms. The average Bonchev–Trinajstić information content (AvgIpc) is 3.01. The molecule has 1 aliphatic heterocycles. The molecule has 0 radical (unpaired) electrons. The molecule has 0 bridgehead atoms. The number of carbonyl (C=O) groups is 1. The Morgan fingerprint density at radius 2 is 2.00 bits per heavy atom. The highest BCUT2D eigenvalue weighted by molar-refractivity contribution is 6.06. The molecule has 2 aromatic rings. The molecular formula is C17H18N2O2. The lowest BCUT2D eigenvalue weighted by molar-refractivity contribution is 0.0993. The second-order valence-electron chi connectivity index (χ2n) is 5.16. The Balaban J connectivity index is 1.83. The first-order valence-corrected chi connectivity index (χ1v) is 7.02. The molecule has 0 atom stereocenters. The molecule has 1 aliphatic rings. The van der Waals surface area contributed by atoms with Gasteiger partial charge in [0.1, 0.15) is 5.75 Å². The summed E-state index contributed by atoms with van der Waals surface area (Å²) < 4.78 is 5.47. The maximum atomic E-state index is 12.6. The summed E-state index contributed by atoms with van der Waals surface area (Å²) >= 11 is 0. The summed E-state index contributed by atoms with van der Waals surface area (Å²) in [5.41, 5.74) is 9.28. The Kier molecular flexibility index (Phi) is 3.62. The number of nitrogens with two attached hydrogens (primary N) is 1. The van der Waals surface area contributed by atoms with Gasteiger partial charge in [0.25, 0.3) is 5.91 Å². The molecule has 2 N–H and O–H groups in total. The summed E-state index contributed by atoms with van der Waals surface area (Å²) in [5, 5.41) is 0. The number of amides is 1. The van der Waals surface area contributed by atoms with Gasteiger partial charge >= 0.3 is 0 Å². The standard InChI is InChI=1S/C17H18N2O2/c1-19(15-5-2-12(11-18)3-6-15)17(20)14-4-7-16-13(10-14)8-9-21-16/h2-7,10H,8-9,11,18H2,1H3. The van der Waals surface area contributed by atoms with Crippen LogP contribution in [-0.2, 0) is 13.0 Å². The van der Waals surface area contributed by atoms with Crippen LogP contribution < -0.4 is 15.4 Å². The van der Waals surface area contributed by atoms with E-state index in [1.54, 1.807) is 11.9 Å². The van der Waals surface area contributed by atoms with E-state index in [1.807, 2.05) is 42.5 Å². The van der Waals surface area contributed by atoms with Crippen molar-refractivity contribution in [1.82, 2.24) is 0 Å². The van der Waals surface area contributed by atoms with Crippen molar-refractivity contribution in [2.24, 2.45) is 5.73 Å². The molecule has 0 unspecified atom stereocenters. The van der Waals surface area contributed by atoms with Gasteiger partial charge in [0, 0.05) is 31.3 Å². The number of rotatable bonds is 3. The molecule has 108 valence electrons. The molecule has 4 nitrogen and oxygen atoms in total. The zero-order chi connectivity index (χ0) is 14.8. The van der Waals surface area contributed by atoms with Gasteiger partial charge in [-0.15, -0.1) is 0 Å². The Labute approximate surface area is 124 Å². The fraction of sp³-hybridized carbons (Fsp3) is 0.235. The minimum Gasteiger partial charge on any atom is -0.493 e. The minimum atomic E-state index is -0.0230. The predicted molar refractivity (Wildman–Crippen MR) is 82.7 cm³/mol. The van der Waals surface area contributed by atoms with Crippen LogP contribution >= 0.6 is 0 Å². The molecule has 0 fully saturated rings. The average molecular weight is 282 g/mol. The first-order chi connectivity index (χ1) is 10.2. The van der Waals surface area contributed by atoms with Crippen LogP contribution in [0, 0.1) is 0 Å². The summed E-state index contributed by atoms with van der Waals surface area (Å²) in [6, 6.07) is 13.3. The molecule has 0 saturated heterocycles. The number of nitrogens with zero attached hydrogens (tertiary/aromatic N) is 1. The van der Waals surface area contributed by atoms with E-state index in [4.69, 9.17) is 10.5 Å². The topological polar surface area (TPSA) is 55.6 Å². The monoisotopic (exact) mass is 282 g/mol. The summed E-state index contributed by atoms with van der Waals surface area (Å²) in [6.07, 6.45) is 0.866. The third-order valence-electron chi connectivity index (χ3n) is 3.80. The summed E-state index contributed by atoms with van der Waals surface area (Å²) in [7, 11) is 1.78. The van der Waals surface area contributed by atoms with Gasteiger partial charge in [-0.3, -0.25) is 4.79 Å².